The van der Waals surface area contributed by atoms with Crippen LogP contribution < -0.4 is 0 Å². The van der Waals surface area contributed by atoms with E-state index in [1.165, 1.54) is 11.8 Å². The van der Waals surface area contributed by atoms with Gasteiger partial charge in [0.15, 0.2) is 0 Å². The summed E-state index contributed by atoms with van der Waals surface area (Å²) in [6.45, 7) is 4.03. The molecule has 3 heterocycles. The van der Waals surface area contributed by atoms with Gasteiger partial charge in [-0.1, -0.05) is 11.8 Å². The van der Waals surface area contributed by atoms with Gasteiger partial charge in [-0.05, 0) is 23.3 Å². The van der Waals surface area contributed by atoms with Gasteiger partial charge in [-0.3, -0.25) is 4.79 Å². The van der Waals surface area contributed by atoms with Gasteiger partial charge in [0.05, 0.1) is 31.6 Å². The minimum absolute atomic E-state index is 0.106. The summed E-state index contributed by atoms with van der Waals surface area (Å²) in [4.78, 5) is 13.9. The van der Waals surface area contributed by atoms with E-state index in [0.717, 1.165) is 19.4 Å². The zero-order valence-corrected chi connectivity index (χ0v) is 12.6. The van der Waals surface area contributed by atoms with Gasteiger partial charge in [0.1, 0.15) is 0 Å². The standard InChI is InChI=1S/C12H19N5O3S/c18-11(16-3-6-19-7-4-16)9-21-12-13-14-15-17(12)8-10-2-1-5-20-10/h10H,1-9H2. The van der Waals surface area contributed by atoms with E-state index in [2.05, 4.69) is 15.5 Å². The third-order valence-electron chi connectivity index (χ3n) is 3.59. The van der Waals surface area contributed by atoms with Gasteiger partial charge >= 0.3 is 0 Å². The molecule has 0 N–H and O–H groups in total. The molecule has 0 radical (unpaired) electrons. The van der Waals surface area contributed by atoms with Gasteiger partial charge in [-0.25, -0.2) is 4.68 Å². The molecule has 3 rings (SSSR count). The normalized spacial score (nSPS) is 22.7. The van der Waals surface area contributed by atoms with Crippen molar-refractivity contribution in [2.75, 3.05) is 38.7 Å². The number of tetrazole rings is 1. The third kappa shape index (κ3) is 3.92. The second kappa shape index (κ2) is 7.19. The Labute approximate surface area is 127 Å². The predicted molar refractivity (Wildman–Crippen MR) is 74.9 cm³/mol. The average molecular weight is 313 g/mol. The highest BCUT2D eigenvalue weighted by molar-refractivity contribution is 7.99. The summed E-state index contributed by atoms with van der Waals surface area (Å²) < 4.78 is 12.6. The Kier molecular flexibility index (Phi) is 5.04. The van der Waals surface area contributed by atoms with E-state index in [4.69, 9.17) is 9.47 Å². The van der Waals surface area contributed by atoms with Gasteiger partial charge in [0.2, 0.25) is 11.1 Å². The molecule has 1 amide bonds. The van der Waals surface area contributed by atoms with Gasteiger partial charge in [0, 0.05) is 19.7 Å². The molecule has 2 fully saturated rings. The van der Waals surface area contributed by atoms with Crippen molar-refractivity contribution in [3.63, 3.8) is 0 Å². The SMILES string of the molecule is O=C(CSc1nnnn1CC1CCCO1)N1CCOCC1. The molecule has 0 saturated carbocycles. The number of hydrogen-bond donors (Lipinski definition) is 0. The number of thioether (sulfide) groups is 1. The summed E-state index contributed by atoms with van der Waals surface area (Å²) in [6, 6.07) is 0. The Morgan fingerprint density at radius 1 is 1.33 bits per heavy atom. The molecule has 2 aliphatic rings. The van der Waals surface area contributed by atoms with E-state index in [0.29, 0.717) is 43.8 Å². The maximum absolute atomic E-state index is 12.1. The van der Waals surface area contributed by atoms with Crippen molar-refractivity contribution in [3.8, 4) is 0 Å². The Morgan fingerprint density at radius 2 is 2.19 bits per heavy atom. The molecule has 1 aromatic rings. The second-order valence-electron chi connectivity index (χ2n) is 5.06. The molecule has 8 nitrogen and oxygen atoms in total. The van der Waals surface area contributed by atoms with Crippen LogP contribution in [0.15, 0.2) is 5.16 Å². The lowest BCUT2D eigenvalue weighted by molar-refractivity contribution is -0.132. The fraction of sp³-hybridized carbons (Fsp3) is 0.833. The molecular weight excluding hydrogens is 294 g/mol. The lowest BCUT2D eigenvalue weighted by Gasteiger charge is -2.26. The topological polar surface area (TPSA) is 82.4 Å². The molecular formula is C12H19N5O3S. The van der Waals surface area contributed by atoms with Crippen LogP contribution in [0.4, 0.5) is 0 Å². The van der Waals surface area contributed by atoms with Crippen LogP contribution >= 0.6 is 11.8 Å². The molecule has 1 unspecified atom stereocenters. The number of ether oxygens (including phenoxy) is 2. The molecule has 2 saturated heterocycles. The maximum Gasteiger partial charge on any atom is 0.233 e. The van der Waals surface area contributed by atoms with Crippen LogP contribution in [-0.4, -0.2) is 75.8 Å². The maximum atomic E-state index is 12.1. The zero-order chi connectivity index (χ0) is 14.5. The number of morpholine rings is 1. The Bertz CT molecular complexity index is 471. The first-order valence-electron chi connectivity index (χ1n) is 7.19. The minimum atomic E-state index is 0.106. The van der Waals surface area contributed by atoms with Gasteiger partial charge in [-0.15, -0.1) is 5.10 Å². The molecule has 1 aromatic heterocycles. The van der Waals surface area contributed by atoms with Crippen LogP contribution in [0.1, 0.15) is 12.8 Å². The molecule has 116 valence electrons. The van der Waals surface area contributed by atoms with Crippen LogP contribution in [0, 0.1) is 0 Å². The molecule has 0 bridgehead atoms. The van der Waals surface area contributed by atoms with Crippen molar-refractivity contribution in [1.29, 1.82) is 0 Å². The highest BCUT2D eigenvalue weighted by atomic mass is 32.2. The van der Waals surface area contributed by atoms with Gasteiger partial charge < -0.3 is 14.4 Å². The van der Waals surface area contributed by atoms with Crippen LogP contribution in [-0.2, 0) is 20.8 Å². The van der Waals surface area contributed by atoms with Crippen LogP contribution in [0.5, 0.6) is 0 Å². The Hall–Kier alpha value is -1.19. The van der Waals surface area contributed by atoms with E-state index < -0.39 is 0 Å². The van der Waals surface area contributed by atoms with E-state index in [1.807, 2.05) is 4.90 Å². The molecule has 1 atom stereocenters. The van der Waals surface area contributed by atoms with Crippen molar-refractivity contribution in [1.82, 2.24) is 25.1 Å². The largest absolute Gasteiger partial charge is 0.378 e. The summed E-state index contributed by atoms with van der Waals surface area (Å²) >= 11 is 1.38. The Morgan fingerprint density at radius 3 is 2.95 bits per heavy atom. The fourth-order valence-corrected chi connectivity index (χ4v) is 3.22. The van der Waals surface area contributed by atoms with E-state index in [1.54, 1.807) is 4.68 Å². The highest BCUT2D eigenvalue weighted by Gasteiger charge is 2.21. The number of carbonyl (C=O) groups is 1. The molecule has 0 spiro atoms. The van der Waals surface area contributed by atoms with Crippen LogP contribution in [0.25, 0.3) is 0 Å². The smallest absolute Gasteiger partial charge is 0.233 e. The molecule has 21 heavy (non-hydrogen) atoms. The first kappa shape index (κ1) is 14.7. The number of nitrogens with zero attached hydrogens (tertiary/aromatic N) is 5. The number of aromatic nitrogens is 4. The fourth-order valence-electron chi connectivity index (χ4n) is 2.43. The number of rotatable bonds is 5. The van der Waals surface area contributed by atoms with Crippen molar-refractivity contribution >= 4 is 17.7 Å². The predicted octanol–water partition coefficient (Wildman–Crippen LogP) is -0.197. The number of carbonyl (C=O) groups excluding carboxylic acids is 1. The van der Waals surface area contributed by atoms with E-state index >= 15 is 0 Å². The van der Waals surface area contributed by atoms with E-state index in [-0.39, 0.29) is 12.0 Å². The molecule has 9 heteroatoms. The van der Waals surface area contributed by atoms with Crippen molar-refractivity contribution < 1.29 is 14.3 Å². The average Bonchev–Trinajstić information content (AvgIpc) is 3.18. The first-order chi connectivity index (χ1) is 10.3. The van der Waals surface area contributed by atoms with Gasteiger partial charge in [-0.2, -0.15) is 0 Å². The summed E-state index contributed by atoms with van der Waals surface area (Å²) in [5, 5.41) is 12.3. The lowest BCUT2D eigenvalue weighted by Crippen LogP contribution is -2.41. The third-order valence-corrected chi connectivity index (χ3v) is 4.53. The van der Waals surface area contributed by atoms with Crippen LogP contribution in [0.2, 0.25) is 0 Å². The van der Waals surface area contributed by atoms with E-state index in [9.17, 15) is 4.79 Å². The second-order valence-corrected chi connectivity index (χ2v) is 6.00. The quantitative estimate of drug-likeness (QED) is 0.696. The molecule has 2 aliphatic heterocycles. The Balaban J connectivity index is 1.50. The van der Waals surface area contributed by atoms with Crippen LogP contribution in [0.3, 0.4) is 0 Å². The number of amides is 1. The zero-order valence-electron chi connectivity index (χ0n) is 11.8. The van der Waals surface area contributed by atoms with Gasteiger partial charge in [0.25, 0.3) is 0 Å². The number of hydrogen-bond acceptors (Lipinski definition) is 7. The summed E-state index contributed by atoms with van der Waals surface area (Å²) in [6.07, 6.45) is 2.31. The molecule has 0 aliphatic carbocycles. The minimum Gasteiger partial charge on any atom is -0.378 e. The van der Waals surface area contributed by atoms with Crippen molar-refractivity contribution in [2.45, 2.75) is 30.6 Å². The summed E-state index contributed by atoms with van der Waals surface area (Å²) in [5.74, 6) is 0.460. The lowest BCUT2D eigenvalue weighted by atomic mass is 10.2. The van der Waals surface area contributed by atoms with Crippen molar-refractivity contribution in [3.05, 3.63) is 0 Å². The monoisotopic (exact) mass is 313 g/mol. The van der Waals surface area contributed by atoms with Crippen molar-refractivity contribution in [2.24, 2.45) is 0 Å². The summed E-state index contributed by atoms with van der Waals surface area (Å²) in [5.41, 5.74) is 0. The molecule has 0 aromatic carbocycles. The summed E-state index contributed by atoms with van der Waals surface area (Å²) in [7, 11) is 0. The first-order valence-corrected chi connectivity index (χ1v) is 8.17. The highest BCUT2D eigenvalue weighted by Crippen LogP contribution is 2.18.